The summed E-state index contributed by atoms with van der Waals surface area (Å²) in [6, 6.07) is 2.14. The summed E-state index contributed by atoms with van der Waals surface area (Å²) in [6.45, 7) is 11.0. The smallest absolute Gasteiger partial charge is 0.0825 e. The van der Waals surface area contributed by atoms with Gasteiger partial charge in [-0.2, -0.15) is 10.2 Å². The van der Waals surface area contributed by atoms with Crippen LogP contribution in [0.25, 0.3) is 0 Å². The molecule has 0 unspecified atom stereocenters. The first-order chi connectivity index (χ1) is 9.13. The highest BCUT2D eigenvalue weighted by Gasteiger charge is 2.07. The highest BCUT2D eigenvalue weighted by Crippen LogP contribution is 2.14. The Morgan fingerprint density at radius 3 is 2.63 bits per heavy atom. The van der Waals surface area contributed by atoms with E-state index in [0.29, 0.717) is 0 Å². The quantitative estimate of drug-likeness (QED) is 0.869. The largest absolute Gasteiger partial charge is 0.377 e. The number of nitrogens with zero attached hydrogens (tertiary/aromatic N) is 4. The molecule has 2 heterocycles. The third-order valence-electron chi connectivity index (χ3n) is 3.15. The Hall–Kier alpha value is -1.78. The molecule has 0 aliphatic carbocycles. The van der Waals surface area contributed by atoms with E-state index in [0.717, 1.165) is 43.1 Å². The van der Waals surface area contributed by atoms with E-state index in [2.05, 4.69) is 46.3 Å². The standard InChI is InChI=1S/C14H23N5/c1-5-7-19-13(8-11(3)16-19)9-15-14-10-18(6-2)17-12(14)4/h8,10,15H,5-7,9H2,1-4H3. The van der Waals surface area contributed by atoms with E-state index in [4.69, 9.17) is 0 Å². The van der Waals surface area contributed by atoms with Crippen molar-refractivity contribution in [3.8, 4) is 0 Å². The molecule has 1 N–H and O–H groups in total. The summed E-state index contributed by atoms with van der Waals surface area (Å²) in [5, 5.41) is 12.4. The van der Waals surface area contributed by atoms with Crippen LogP contribution >= 0.6 is 0 Å². The van der Waals surface area contributed by atoms with Gasteiger partial charge >= 0.3 is 0 Å². The molecule has 0 aliphatic rings. The molecule has 0 atom stereocenters. The Kier molecular flexibility index (Phi) is 4.24. The first-order valence-corrected chi connectivity index (χ1v) is 6.95. The SMILES string of the molecule is CCCn1nc(C)cc1CNc1cn(CC)nc1C. The van der Waals surface area contributed by atoms with Crippen LogP contribution in [0.1, 0.15) is 37.4 Å². The van der Waals surface area contributed by atoms with Crippen LogP contribution in [0.4, 0.5) is 5.69 Å². The van der Waals surface area contributed by atoms with Crippen LogP contribution in [0.2, 0.25) is 0 Å². The molecular weight excluding hydrogens is 238 g/mol. The highest BCUT2D eigenvalue weighted by molar-refractivity contribution is 5.45. The van der Waals surface area contributed by atoms with Crippen molar-refractivity contribution in [1.82, 2.24) is 19.6 Å². The highest BCUT2D eigenvalue weighted by atomic mass is 15.3. The minimum Gasteiger partial charge on any atom is -0.377 e. The molecule has 104 valence electrons. The molecule has 2 rings (SSSR count). The number of aromatic nitrogens is 4. The van der Waals surface area contributed by atoms with Crippen LogP contribution in [0.3, 0.4) is 0 Å². The number of hydrogen-bond acceptors (Lipinski definition) is 3. The molecule has 0 aromatic carbocycles. The molecule has 0 saturated heterocycles. The fraction of sp³-hybridized carbons (Fsp3) is 0.571. The van der Waals surface area contributed by atoms with Crippen molar-refractivity contribution in [2.24, 2.45) is 0 Å². The fourth-order valence-electron chi connectivity index (χ4n) is 2.19. The average molecular weight is 261 g/mol. The van der Waals surface area contributed by atoms with E-state index >= 15 is 0 Å². The molecule has 5 heteroatoms. The van der Waals surface area contributed by atoms with Crippen molar-refractivity contribution in [2.45, 2.75) is 53.8 Å². The van der Waals surface area contributed by atoms with Crippen molar-refractivity contribution in [3.05, 3.63) is 29.3 Å². The second-order valence-corrected chi connectivity index (χ2v) is 4.84. The summed E-state index contributed by atoms with van der Waals surface area (Å²) in [5.74, 6) is 0. The monoisotopic (exact) mass is 261 g/mol. The number of nitrogens with one attached hydrogen (secondary N) is 1. The van der Waals surface area contributed by atoms with Gasteiger partial charge in [0, 0.05) is 19.3 Å². The number of hydrogen-bond donors (Lipinski definition) is 1. The minimum atomic E-state index is 0.789. The van der Waals surface area contributed by atoms with Gasteiger partial charge in [-0.05, 0) is 33.3 Å². The molecule has 0 spiro atoms. The summed E-state index contributed by atoms with van der Waals surface area (Å²) in [6.07, 6.45) is 3.16. The molecule has 0 fully saturated rings. The Morgan fingerprint density at radius 1 is 1.21 bits per heavy atom. The molecule has 0 radical (unpaired) electrons. The van der Waals surface area contributed by atoms with Gasteiger partial charge in [-0.25, -0.2) is 0 Å². The third kappa shape index (κ3) is 3.16. The van der Waals surface area contributed by atoms with Crippen LogP contribution in [0.5, 0.6) is 0 Å². The molecule has 0 bridgehead atoms. The van der Waals surface area contributed by atoms with Gasteiger partial charge in [-0.15, -0.1) is 0 Å². The van der Waals surface area contributed by atoms with Crippen LogP contribution < -0.4 is 5.32 Å². The zero-order chi connectivity index (χ0) is 13.8. The maximum atomic E-state index is 4.51. The van der Waals surface area contributed by atoms with Gasteiger partial charge < -0.3 is 5.32 Å². The molecule has 0 aliphatic heterocycles. The van der Waals surface area contributed by atoms with Crippen LogP contribution in [-0.2, 0) is 19.6 Å². The first kappa shape index (κ1) is 13.6. The van der Waals surface area contributed by atoms with E-state index in [-0.39, 0.29) is 0 Å². The minimum absolute atomic E-state index is 0.789. The Morgan fingerprint density at radius 2 is 2.00 bits per heavy atom. The normalized spacial score (nSPS) is 10.9. The third-order valence-corrected chi connectivity index (χ3v) is 3.15. The molecular formula is C14H23N5. The topological polar surface area (TPSA) is 47.7 Å². The van der Waals surface area contributed by atoms with Crippen molar-refractivity contribution in [2.75, 3.05) is 5.32 Å². The van der Waals surface area contributed by atoms with E-state index in [1.807, 2.05) is 18.5 Å². The second-order valence-electron chi connectivity index (χ2n) is 4.84. The average Bonchev–Trinajstić information content (AvgIpc) is 2.91. The summed E-state index contributed by atoms with van der Waals surface area (Å²) in [4.78, 5) is 0. The van der Waals surface area contributed by atoms with E-state index < -0.39 is 0 Å². The first-order valence-electron chi connectivity index (χ1n) is 6.95. The zero-order valence-corrected chi connectivity index (χ0v) is 12.3. The van der Waals surface area contributed by atoms with Crippen molar-refractivity contribution in [3.63, 3.8) is 0 Å². The summed E-state index contributed by atoms with van der Waals surface area (Å²) in [5.41, 5.74) is 4.44. The van der Waals surface area contributed by atoms with Gasteiger partial charge in [0.2, 0.25) is 0 Å². The van der Waals surface area contributed by atoms with Gasteiger partial charge in [0.05, 0.1) is 29.3 Å². The van der Waals surface area contributed by atoms with Crippen LogP contribution in [-0.4, -0.2) is 19.6 Å². The van der Waals surface area contributed by atoms with Crippen molar-refractivity contribution >= 4 is 5.69 Å². The molecule has 2 aromatic rings. The van der Waals surface area contributed by atoms with Crippen LogP contribution in [0.15, 0.2) is 12.3 Å². The summed E-state index contributed by atoms with van der Waals surface area (Å²) >= 11 is 0. The summed E-state index contributed by atoms with van der Waals surface area (Å²) in [7, 11) is 0. The maximum Gasteiger partial charge on any atom is 0.0825 e. The van der Waals surface area contributed by atoms with E-state index in [9.17, 15) is 0 Å². The Balaban J connectivity index is 2.07. The molecule has 2 aromatic heterocycles. The zero-order valence-electron chi connectivity index (χ0n) is 12.3. The van der Waals surface area contributed by atoms with E-state index in [1.165, 1.54) is 5.69 Å². The van der Waals surface area contributed by atoms with Gasteiger partial charge in [0.1, 0.15) is 0 Å². The van der Waals surface area contributed by atoms with Gasteiger partial charge in [0.25, 0.3) is 0 Å². The molecule has 19 heavy (non-hydrogen) atoms. The number of anilines is 1. The second kappa shape index (κ2) is 5.91. The number of aryl methyl sites for hydroxylation is 4. The molecule has 0 amide bonds. The number of rotatable bonds is 6. The summed E-state index contributed by atoms with van der Waals surface area (Å²) < 4.78 is 4.04. The predicted molar refractivity (Wildman–Crippen MR) is 77.2 cm³/mol. The van der Waals surface area contributed by atoms with E-state index in [1.54, 1.807) is 0 Å². The molecule has 0 saturated carbocycles. The fourth-order valence-corrected chi connectivity index (χ4v) is 2.19. The van der Waals surface area contributed by atoms with Crippen molar-refractivity contribution in [1.29, 1.82) is 0 Å². The predicted octanol–water partition coefficient (Wildman–Crippen LogP) is 2.74. The van der Waals surface area contributed by atoms with Crippen molar-refractivity contribution < 1.29 is 0 Å². The maximum absolute atomic E-state index is 4.51. The Labute approximate surface area is 114 Å². The van der Waals surface area contributed by atoms with Gasteiger partial charge in [0.15, 0.2) is 0 Å². The lowest BCUT2D eigenvalue weighted by Gasteiger charge is -2.07. The van der Waals surface area contributed by atoms with Gasteiger partial charge in [-0.3, -0.25) is 9.36 Å². The molecule has 5 nitrogen and oxygen atoms in total. The lowest BCUT2D eigenvalue weighted by molar-refractivity contribution is 0.575. The van der Waals surface area contributed by atoms with Gasteiger partial charge in [-0.1, -0.05) is 6.92 Å². The van der Waals surface area contributed by atoms with Crippen LogP contribution in [0, 0.1) is 13.8 Å². The lowest BCUT2D eigenvalue weighted by Crippen LogP contribution is -2.09. The Bertz CT molecular complexity index is 538. The lowest BCUT2D eigenvalue weighted by atomic mass is 10.3.